The van der Waals surface area contributed by atoms with Crippen LogP contribution in [-0.4, -0.2) is 40.8 Å². The maximum absolute atomic E-state index is 11.4. The Balaban J connectivity index is 3.11. The molecule has 0 aliphatic heterocycles. The third-order valence-electron chi connectivity index (χ3n) is 2.73. The van der Waals surface area contributed by atoms with Crippen LogP contribution in [0.3, 0.4) is 0 Å². The Morgan fingerprint density at radius 1 is 1.47 bits per heavy atom. The highest BCUT2D eigenvalue weighted by molar-refractivity contribution is 7.91. The topological polar surface area (TPSA) is 89.3 Å². The molecule has 0 saturated carbocycles. The monoisotopic (exact) mass is 308 g/mol. The van der Waals surface area contributed by atoms with Gasteiger partial charge in [0, 0.05) is 5.75 Å². The minimum atomic E-state index is -3.15. The molecule has 0 bridgehead atoms. The van der Waals surface area contributed by atoms with E-state index in [0.717, 1.165) is 0 Å². The third-order valence-corrected chi connectivity index (χ3v) is 4.80. The van der Waals surface area contributed by atoms with Gasteiger partial charge in [-0.2, -0.15) is 5.10 Å². The van der Waals surface area contributed by atoms with Crippen molar-refractivity contribution in [2.24, 2.45) is 0 Å². The molecule has 0 radical (unpaired) electrons. The molecule has 0 aliphatic carbocycles. The molecule has 1 N–H and O–H groups in total. The van der Waals surface area contributed by atoms with Crippen LogP contribution in [0.2, 0.25) is 5.15 Å². The van der Waals surface area contributed by atoms with Gasteiger partial charge in [0.15, 0.2) is 9.84 Å². The van der Waals surface area contributed by atoms with Crippen molar-refractivity contribution in [3.63, 3.8) is 0 Å². The molecular formula is C11H17ClN2O4S. The molecule has 0 aromatic carbocycles. The zero-order chi connectivity index (χ0) is 14.8. The molecule has 0 amide bonds. The second-order valence-electron chi connectivity index (χ2n) is 4.47. The molecule has 0 fully saturated rings. The summed E-state index contributed by atoms with van der Waals surface area (Å²) in [6.45, 7) is 5.22. The number of sulfone groups is 1. The van der Waals surface area contributed by atoms with Gasteiger partial charge in [0.25, 0.3) is 0 Å². The SMILES string of the molecule is CCS(=O)(=O)CCn1nc(C(C)C)c(C(=O)O)c1Cl. The average Bonchev–Trinajstić information content (AvgIpc) is 2.64. The molecule has 19 heavy (non-hydrogen) atoms. The smallest absolute Gasteiger partial charge is 0.340 e. The number of aryl methyl sites for hydroxylation is 1. The molecule has 8 heteroatoms. The van der Waals surface area contributed by atoms with Gasteiger partial charge in [0.1, 0.15) is 10.7 Å². The summed E-state index contributed by atoms with van der Waals surface area (Å²) < 4.78 is 24.1. The maximum Gasteiger partial charge on any atom is 0.340 e. The minimum absolute atomic E-state index is 0.0255. The average molecular weight is 309 g/mol. The number of aromatic carboxylic acids is 1. The van der Waals surface area contributed by atoms with Crippen LogP contribution in [0.1, 0.15) is 42.7 Å². The van der Waals surface area contributed by atoms with Crippen LogP contribution < -0.4 is 0 Å². The first-order valence-electron chi connectivity index (χ1n) is 5.89. The van der Waals surface area contributed by atoms with Crippen molar-refractivity contribution in [1.29, 1.82) is 0 Å². The Bertz CT molecular complexity index is 578. The van der Waals surface area contributed by atoms with E-state index in [-0.39, 0.29) is 34.7 Å². The Hall–Kier alpha value is -1.08. The Kier molecular flexibility index (Phi) is 4.98. The molecule has 1 heterocycles. The lowest BCUT2D eigenvalue weighted by Crippen LogP contribution is -2.15. The largest absolute Gasteiger partial charge is 0.478 e. The lowest BCUT2D eigenvalue weighted by molar-refractivity contribution is 0.0695. The van der Waals surface area contributed by atoms with Crippen LogP contribution >= 0.6 is 11.6 Å². The second kappa shape index (κ2) is 5.92. The number of nitrogens with zero attached hydrogens (tertiary/aromatic N) is 2. The van der Waals surface area contributed by atoms with Crippen LogP contribution in [0.15, 0.2) is 0 Å². The summed E-state index contributed by atoms with van der Waals surface area (Å²) in [5.41, 5.74) is 0.317. The van der Waals surface area contributed by atoms with E-state index in [0.29, 0.717) is 5.69 Å². The highest BCUT2D eigenvalue weighted by Crippen LogP contribution is 2.25. The second-order valence-corrected chi connectivity index (χ2v) is 7.30. The Labute approximate surface area is 117 Å². The minimum Gasteiger partial charge on any atom is -0.478 e. The van der Waals surface area contributed by atoms with Gasteiger partial charge in [-0.15, -0.1) is 0 Å². The van der Waals surface area contributed by atoms with Gasteiger partial charge < -0.3 is 5.11 Å². The first-order valence-corrected chi connectivity index (χ1v) is 8.09. The van der Waals surface area contributed by atoms with Crippen LogP contribution in [0.25, 0.3) is 0 Å². The number of aromatic nitrogens is 2. The number of rotatable bonds is 6. The molecular weight excluding hydrogens is 292 g/mol. The quantitative estimate of drug-likeness (QED) is 0.865. The summed E-state index contributed by atoms with van der Waals surface area (Å²) >= 11 is 5.97. The fraction of sp³-hybridized carbons (Fsp3) is 0.636. The van der Waals surface area contributed by atoms with E-state index in [1.165, 1.54) is 4.68 Å². The van der Waals surface area contributed by atoms with E-state index in [1.54, 1.807) is 20.8 Å². The fourth-order valence-corrected chi connectivity index (χ4v) is 2.62. The number of carbonyl (C=O) groups is 1. The fourth-order valence-electron chi connectivity index (χ4n) is 1.58. The van der Waals surface area contributed by atoms with E-state index in [9.17, 15) is 13.2 Å². The Morgan fingerprint density at radius 3 is 2.42 bits per heavy atom. The van der Waals surface area contributed by atoms with Crippen LogP contribution in [-0.2, 0) is 16.4 Å². The first kappa shape index (κ1) is 16.0. The van der Waals surface area contributed by atoms with Crippen LogP contribution in [0.5, 0.6) is 0 Å². The molecule has 6 nitrogen and oxygen atoms in total. The molecule has 1 aromatic rings. The summed E-state index contributed by atoms with van der Waals surface area (Å²) in [4.78, 5) is 11.2. The number of carboxylic acids is 1. The molecule has 0 spiro atoms. The Morgan fingerprint density at radius 2 is 2.05 bits per heavy atom. The van der Waals surface area contributed by atoms with Crippen LogP contribution in [0.4, 0.5) is 0 Å². The van der Waals surface area contributed by atoms with E-state index in [4.69, 9.17) is 16.7 Å². The maximum atomic E-state index is 11.4. The first-order chi connectivity index (χ1) is 8.69. The summed E-state index contributed by atoms with van der Waals surface area (Å²) in [7, 11) is -3.15. The molecule has 0 atom stereocenters. The number of hydrogen-bond donors (Lipinski definition) is 1. The molecule has 0 unspecified atom stereocenters. The lowest BCUT2D eigenvalue weighted by Gasteiger charge is -2.03. The van der Waals surface area contributed by atoms with E-state index < -0.39 is 15.8 Å². The van der Waals surface area contributed by atoms with Gasteiger partial charge >= 0.3 is 5.97 Å². The molecule has 1 aromatic heterocycles. The van der Waals surface area contributed by atoms with Crippen molar-refractivity contribution in [2.45, 2.75) is 33.2 Å². The highest BCUT2D eigenvalue weighted by Gasteiger charge is 2.24. The predicted molar refractivity (Wildman–Crippen MR) is 72.6 cm³/mol. The third kappa shape index (κ3) is 3.70. The normalized spacial score (nSPS) is 12.1. The van der Waals surface area contributed by atoms with Gasteiger partial charge in [-0.05, 0) is 5.92 Å². The summed E-state index contributed by atoms with van der Waals surface area (Å²) in [5.74, 6) is -1.33. The number of hydrogen-bond acceptors (Lipinski definition) is 4. The van der Waals surface area contributed by atoms with E-state index in [2.05, 4.69) is 5.10 Å². The highest BCUT2D eigenvalue weighted by atomic mass is 35.5. The summed E-state index contributed by atoms with van der Waals surface area (Å²) in [6.07, 6.45) is 0. The molecule has 1 rings (SSSR count). The van der Waals surface area contributed by atoms with Crippen molar-refractivity contribution in [3.8, 4) is 0 Å². The predicted octanol–water partition coefficient (Wildman–Crippen LogP) is 1.79. The zero-order valence-corrected chi connectivity index (χ0v) is 12.6. The molecule has 108 valence electrons. The number of halogens is 1. The van der Waals surface area contributed by atoms with Crippen molar-refractivity contribution in [3.05, 3.63) is 16.4 Å². The van der Waals surface area contributed by atoms with Gasteiger partial charge in [-0.3, -0.25) is 4.68 Å². The van der Waals surface area contributed by atoms with Crippen molar-refractivity contribution < 1.29 is 18.3 Å². The van der Waals surface area contributed by atoms with Gasteiger partial charge in [-0.25, -0.2) is 13.2 Å². The molecule has 0 saturated heterocycles. The summed E-state index contributed by atoms with van der Waals surface area (Å²) in [6, 6.07) is 0. The standard InChI is InChI=1S/C11H17ClN2O4S/c1-4-19(17,18)6-5-14-10(12)8(11(15)16)9(13-14)7(2)3/h7H,4-6H2,1-3H3,(H,15,16). The van der Waals surface area contributed by atoms with Crippen molar-refractivity contribution in [1.82, 2.24) is 9.78 Å². The zero-order valence-electron chi connectivity index (χ0n) is 11.1. The van der Waals surface area contributed by atoms with Gasteiger partial charge in [0.2, 0.25) is 0 Å². The van der Waals surface area contributed by atoms with Gasteiger partial charge in [0.05, 0.1) is 18.0 Å². The lowest BCUT2D eigenvalue weighted by atomic mass is 10.1. The van der Waals surface area contributed by atoms with E-state index in [1.807, 2.05) is 0 Å². The number of carboxylic acid groups (broad SMARTS) is 1. The molecule has 0 aliphatic rings. The summed E-state index contributed by atoms with van der Waals surface area (Å²) in [5, 5.41) is 13.2. The van der Waals surface area contributed by atoms with Gasteiger partial charge in [-0.1, -0.05) is 32.4 Å². The van der Waals surface area contributed by atoms with Crippen molar-refractivity contribution in [2.75, 3.05) is 11.5 Å². The van der Waals surface area contributed by atoms with E-state index >= 15 is 0 Å². The van der Waals surface area contributed by atoms with Crippen molar-refractivity contribution >= 4 is 27.4 Å². The van der Waals surface area contributed by atoms with Crippen LogP contribution in [0, 0.1) is 0 Å².